The molecule has 0 aromatic heterocycles. The van der Waals surface area contributed by atoms with Crippen molar-refractivity contribution in [3.63, 3.8) is 0 Å². The lowest BCUT2D eigenvalue weighted by atomic mass is 9.95. The molecule has 0 spiro atoms. The van der Waals surface area contributed by atoms with Crippen LogP contribution in [0.5, 0.6) is 0 Å². The summed E-state index contributed by atoms with van der Waals surface area (Å²) in [5.41, 5.74) is 3.13. The van der Waals surface area contributed by atoms with E-state index in [1.165, 1.54) is 0 Å². The van der Waals surface area contributed by atoms with Gasteiger partial charge in [0.05, 0.1) is 5.69 Å². The van der Waals surface area contributed by atoms with Gasteiger partial charge in [0, 0.05) is 13.0 Å². The third kappa shape index (κ3) is 2.17. The fraction of sp³-hybridized carbons (Fsp3) is 0.467. The molecule has 0 bridgehead atoms. The lowest BCUT2D eigenvalue weighted by Gasteiger charge is -2.30. The molecule has 1 amide bonds. The number of piperidine rings is 1. The maximum Gasteiger partial charge on any atom is 0.294 e. The summed E-state index contributed by atoms with van der Waals surface area (Å²) in [6.45, 7) is 6.85. The largest absolute Gasteiger partial charge is 0.305 e. The van der Waals surface area contributed by atoms with E-state index in [4.69, 9.17) is 0 Å². The molecule has 1 heterocycles. The van der Waals surface area contributed by atoms with Gasteiger partial charge in [-0.05, 0) is 30.4 Å². The van der Waals surface area contributed by atoms with Crippen molar-refractivity contribution < 1.29 is 9.59 Å². The summed E-state index contributed by atoms with van der Waals surface area (Å²) in [6, 6.07) is 6.04. The van der Waals surface area contributed by atoms with Crippen LogP contribution in [0, 0.1) is 6.92 Å². The van der Waals surface area contributed by atoms with Gasteiger partial charge in [0.25, 0.3) is 5.91 Å². The van der Waals surface area contributed by atoms with E-state index in [2.05, 4.69) is 13.8 Å². The van der Waals surface area contributed by atoms with Gasteiger partial charge in [0.1, 0.15) is 0 Å². The Morgan fingerprint density at radius 3 is 2.61 bits per heavy atom. The minimum atomic E-state index is -0.350. The Bertz CT molecular complexity index is 491. The van der Waals surface area contributed by atoms with Crippen LogP contribution in [0.25, 0.3) is 0 Å². The smallest absolute Gasteiger partial charge is 0.294 e. The lowest BCUT2D eigenvalue weighted by molar-refractivity contribution is -0.137. The minimum absolute atomic E-state index is 0.265. The normalized spacial score (nSPS) is 16.6. The zero-order valence-corrected chi connectivity index (χ0v) is 11.2. The molecule has 0 unspecified atom stereocenters. The number of aryl methyl sites for hydroxylation is 1. The van der Waals surface area contributed by atoms with Crippen molar-refractivity contribution in [2.45, 2.75) is 39.5 Å². The number of hydrogen-bond donors (Lipinski definition) is 0. The highest BCUT2D eigenvalue weighted by Gasteiger charge is 2.29. The number of rotatable bonds is 2. The second-order valence-electron chi connectivity index (χ2n) is 5.15. The summed E-state index contributed by atoms with van der Waals surface area (Å²) in [5.74, 6) is -0.276. The van der Waals surface area contributed by atoms with E-state index in [0.29, 0.717) is 18.9 Å². The molecule has 1 fully saturated rings. The number of nitrogens with zero attached hydrogens (tertiary/aromatic N) is 1. The molecule has 0 N–H and O–H groups in total. The monoisotopic (exact) mass is 245 g/mol. The highest BCUT2D eigenvalue weighted by atomic mass is 16.2. The number of anilines is 1. The first-order valence-corrected chi connectivity index (χ1v) is 6.46. The number of ketones is 1. The van der Waals surface area contributed by atoms with Crippen molar-refractivity contribution >= 4 is 17.4 Å². The average Bonchev–Trinajstić information content (AvgIpc) is 2.33. The van der Waals surface area contributed by atoms with Crippen LogP contribution < -0.4 is 4.90 Å². The van der Waals surface area contributed by atoms with Crippen LogP contribution in [0.15, 0.2) is 18.2 Å². The van der Waals surface area contributed by atoms with Gasteiger partial charge in [-0.15, -0.1) is 0 Å². The molecule has 96 valence electrons. The lowest BCUT2D eigenvalue weighted by Crippen LogP contribution is -2.42. The Kier molecular flexibility index (Phi) is 3.50. The zero-order chi connectivity index (χ0) is 13.3. The van der Waals surface area contributed by atoms with Crippen molar-refractivity contribution in [3.05, 3.63) is 29.3 Å². The average molecular weight is 245 g/mol. The van der Waals surface area contributed by atoms with Gasteiger partial charge in [-0.1, -0.05) is 32.0 Å². The van der Waals surface area contributed by atoms with E-state index >= 15 is 0 Å². The highest BCUT2D eigenvalue weighted by Crippen LogP contribution is 2.32. The Labute approximate surface area is 108 Å². The number of carbonyl (C=O) groups excluding carboxylic acids is 2. The van der Waals surface area contributed by atoms with Crippen molar-refractivity contribution in [2.75, 3.05) is 11.4 Å². The predicted molar refractivity (Wildman–Crippen MR) is 71.9 cm³/mol. The molecule has 0 radical (unpaired) electrons. The van der Waals surface area contributed by atoms with Crippen LogP contribution in [-0.2, 0) is 9.59 Å². The van der Waals surface area contributed by atoms with E-state index in [-0.39, 0.29) is 11.7 Å². The van der Waals surface area contributed by atoms with Gasteiger partial charge >= 0.3 is 0 Å². The van der Waals surface area contributed by atoms with E-state index in [9.17, 15) is 9.59 Å². The molecule has 1 aromatic carbocycles. The Morgan fingerprint density at radius 1 is 1.22 bits per heavy atom. The number of carbonyl (C=O) groups is 2. The van der Waals surface area contributed by atoms with Gasteiger partial charge < -0.3 is 4.90 Å². The topological polar surface area (TPSA) is 37.4 Å². The standard InChI is InChI=1S/C15H19NO2/c1-10(2)12-7-4-6-11(3)14(12)16-9-5-8-13(17)15(16)18/h4,6-7,10H,5,8-9H2,1-3H3. The number of para-hydroxylation sites is 1. The SMILES string of the molecule is Cc1cccc(C(C)C)c1N1CCCC(=O)C1=O. The van der Waals surface area contributed by atoms with Crippen molar-refractivity contribution in [3.8, 4) is 0 Å². The van der Waals surface area contributed by atoms with E-state index in [1.807, 2.05) is 25.1 Å². The van der Waals surface area contributed by atoms with Crippen LogP contribution >= 0.6 is 0 Å². The molecule has 0 aliphatic carbocycles. The van der Waals surface area contributed by atoms with E-state index < -0.39 is 0 Å². The number of hydrogen-bond acceptors (Lipinski definition) is 2. The van der Waals surface area contributed by atoms with Crippen LogP contribution in [0.4, 0.5) is 5.69 Å². The summed E-state index contributed by atoms with van der Waals surface area (Å²) in [7, 11) is 0. The van der Waals surface area contributed by atoms with Crippen LogP contribution in [0.2, 0.25) is 0 Å². The number of amides is 1. The second kappa shape index (κ2) is 4.92. The molecule has 0 saturated carbocycles. The Morgan fingerprint density at radius 2 is 1.94 bits per heavy atom. The summed E-state index contributed by atoms with van der Waals surface area (Å²) in [4.78, 5) is 25.3. The van der Waals surface area contributed by atoms with Crippen LogP contribution in [0.3, 0.4) is 0 Å². The van der Waals surface area contributed by atoms with Gasteiger partial charge in [0.2, 0.25) is 5.78 Å². The molecule has 2 rings (SSSR count). The zero-order valence-electron chi connectivity index (χ0n) is 11.2. The van der Waals surface area contributed by atoms with Crippen LogP contribution in [0.1, 0.15) is 43.7 Å². The predicted octanol–water partition coefficient (Wildman–Crippen LogP) is 2.81. The second-order valence-corrected chi connectivity index (χ2v) is 5.15. The maximum atomic E-state index is 12.0. The van der Waals surface area contributed by atoms with Crippen molar-refractivity contribution in [2.24, 2.45) is 0 Å². The third-order valence-electron chi connectivity index (χ3n) is 3.43. The quantitative estimate of drug-likeness (QED) is 0.751. The van der Waals surface area contributed by atoms with Crippen molar-refractivity contribution in [1.29, 1.82) is 0 Å². The third-order valence-corrected chi connectivity index (χ3v) is 3.43. The van der Waals surface area contributed by atoms with Gasteiger partial charge in [0.15, 0.2) is 0 Å². The number of benzene rings is 1. The first kappa shape index (κ1) is 12.8. The first-order valence-electron chi connectivity index (χ1n) is 6.46. The molecular weight excluding hydrogens is 226 g/mol. The minimum Gasteiger partial charge on any atom is -0.305 e. The van der Waals surface area contributed by atoms with Gasteiger partial charge in [-0.25, -0.2) is 0 Å². The summed E-state index contributed by atoms with van der Waals surface area (Å²) in [6.07, 6.45) is 1.15. The van der Waals surface area contributed by atoms with Crippen molar-refractivity contribution in [1.82, 2.24) is 0 Å². The molecular formula is C15H19NO2. The molecule has 1 saturated heterocycles. The van der Waals surface area contributed by atoms with Gasteiger partial charge in [-0.2, -0.15) is 0 Å². The Balaban J connectivity index is 2.49. The molecule has 3 heteroatoms. The van der Waals surface area contributed by atoms with Gasteiger partial charge in [-0.3, -0.25) is 9.59 Å². The molecule has 1 aromatic rings. The summed E-state index contributed by atoms with van der Waals surface area (Å²) in [5, 5.41) is 0. The first-order chi connectivity index (χ1) is 8.52. The van der Waals surface area contributed by atoms with Crippen LogP contribution in [-0.4, -0.2) is 18.2 Å². The molecule has 18 heavy (non-hydrogen) atoms. The molecule has 3 nitrogen and oxygen atoms in total. The van der Waals surface area contributed by atoms with E-state index in [0.717, 1.165) is 23.2 Å². The summed E-state index contributed by atoms with van der Waals surface area (Å²) < 4.78 is 0. The fourth-order valence-electron chi connectivity index (χ4n) is 2.49. The maximum absolute atomic E-state index is 12.0. The highest BCUT2D eigenvalue weighted by molar-refractivity contribution is 6.42. The fourth-order valence-corrected chi connectivity index (χ4v) is 2.49. The summed E-state index contributed by atoms with van der Waals surface area (Å²) >= 11 is 0. The van der Waals surface area contributed by atoms with E-state index in [1.54, 1.807) is 4.90 Å². The molecule has 1 aliphatic rings. The molecule has 1 aliphatic heterocycles. The number of Topliss-reactive ketones (excluding diaryl/α,β-unsaturated/α-hetero) is 1. The molecule has 0 atom stereocenters. The Hall–Kier alpha value is -1.64.